The fourth-order valence-corrected chi connectivity index (χ4v) is 1.43. The third kappa shape index (κ3) is 2.04. The molecule has 0 spiro atoms. The highest BCUT2D eigenvalue weighted by molar-refractivity contribution is 6.32. The Labute approximate surface area is 86.3 Å². The van der Waals surface area contributed by atoms with Gasteiger partial charge in [0, 0.05) is 12.0 Å². The van der Waals surface area contributed by atoms with Crippen molar-refractivity contribution in [3.8, 4) is 5.75 Å². The first-order valence-electron chi connectivity index (χ1n) is 4.09. The van der Waals surface area contributed by atoms with E-state index in [2.05, 4.69) is 0 Å². The van der Waals surface area contributed by atoms with E-state index in [1.54, 1.807) is 6.92 Å². The fourth-order valence-electron chi connectivity index (χ4n) is 1.22. The molecule has 4 heteroatoms. The summed E-state index contributed by atoms with van der Waals surface area (Å²) >= 11 is 5.84. The number of carbonyl (C=O) groups is 1. The van der Waals surface area contributed by atoms with E-state index in [9.17, 15) is 14.3 Å². The SMILES string of the molecule is CC(=O)Cc1c(O)c(F)cc(C)c1Cl. The second kappa shape index (κ2) is 3.96. The van der Waals surface area contributed by atoms with E-state index in [0.717, 1.165) is 6.07 Å². The molecule has 76 valence electrons. The molecule has 0 saturated heterocycles. The summed E-state index contributed by atoms with van der Waals surface area (Å²) in [5.41, 5.74) is 0.676. The minimum atomic E-state index is -0.747. The maximum absolute atomic E-state index is 13.1. The molecule has 0 aliphatic heterocycles. The summed E-state index contributed by atoms with van der Waals surface area (Å²) in [6, 6.07) is 1.14. The molecular formula is C10H10ClFO2. The summed E-state index contributed by atoms with van der Waals surface area (Å²) in [6.07, 6.45) is -0.0523. The first-order valence-corrected chi connectivity index (χ1v) is 4.47. The van der Waals surface area contributed by atoms with Gasteiger partial charge in [-0.15, -0.1) is 0 Å². The van der Waals surface area contributed by atoms with Crippen molar-refractivity contribution in [1.82, 2.24) is 0 Å². The molecule has 0 radical (unpaired) electrons. The number of rotatable bonds is 2. The van der Waals surface area contributed by atoms with Gasteiger partial charge in [-0.1, -0.05) is 11.6 Å². The van der Waals surface area contributed by atoms with E-state index in [1.165, 1.54) is 6.92 Å². The Morgan fingerprint density at radius 1 is 1.64 bits per heavy atom. The van der Waals surface area contributed by atoms with E-state index in [-0.39, 0.29) is 22.8 Å². The zero-order chi connectivity index (χ0) is 10.9. The average Bonchev–Trinajstić information content (AvgIpc) is 2.09. The van der Waals surface area contributed by atoms with Crippen LogP contribution in [-0.2, 0) is 11.2 Å². The van der Waals surface area contributed by atoms with Crippen molar-refractivity contribution >= 4 is 17.4 Å². The largest absolute Gasteiger partial charge is 0.505 e. The van der Waals surface area contributed by atoms with Crippen LogP contribution in [0.2, 0.25) is 5.02 Å². The molecule has 14 heavy (non-hydrogen) atoms. The zero-order valence-corrected chi connectivity index (χ0v) is 8.65. The van der Waals surface area contributed by atoms with Crippen LogP contribution in [0.4, 0.5) is 4.39 Å². The topological polar surface area (TPSA) is 37.3 Å². The highest BCUT2D eigenvalue weighted by atomic mass is 35.5. The number of aryl methyl sites for hydroxylation is 1. The minimum Gasteiger partial charge on any atom is -0.505 e. The van der Waals surface area contributed by atoms with Gasteiger partial charge in [-0.25, -0.2) is 4.39 Å². The molecule has 0 heterocycles. The summed E-state index contributed by atoms with van der Waals surface area (Å²) in [5, 5.41) is 9.59. The number of phenolic OH excluding ortho intramolecular Hbond substituents is 1. The fraction of sp³-hybridized carbons (Fsp3) is 0.300. The molecule has 0 bridgehead atoms. The number of phenols is 1. The van der Waals surface area contributed by atoms with Crippen LogP contribution in [0.15, 0.2) is 6.07 Å². The van der Waals surface area contributed by atoms with Crippen LogP contribution < -0.4 is 0 Å². The summed E-state index contributed by atoms with van der Waals surface area (Å²) in [4.78, 5) is 10.8. The molecule has 0 saturated carbocycles. The molecule has 2 nitrogen and oxygen atoms in total. The highest BCUT2D eigenvalue weighted by Gasteiger charge is 2.15. The van der Waals surface area contributed by atoms with Gasteiger partial charge < -0.3 is 5.11 Å². The van der Waals surface area contributed by atoms with Gasteiger partial charge in [0.15, 0.2) is 11.6 Å². The number of carbonyl (C=O) groups excluding carboxylic acids is 1. The number of halogens is 2. The smallest absolute Gasteiger partial charge is 0.165 e. The monoisotopic (exact) mass is 216 g/mol. The Balaban J connectivity index is 3.31. The molecule has 1 aromatic rings. The quantitative estimate of drug-likeness (QED) is 0.825. The Morgan fingerprint density at radius 3 is 2.71 bits per heavy atom. The maximum atomic E-state index is 13.1. The normalized spacial score (nSPS) is 10.3. The number of aromatic hydroxyl groups is 1. The molecular weight excluding hydrogens is 207 g/mol. The van der Waals surface area contributed by atoms with Gasteiger partial charge in [-0.05, 0) is 25.5 Å². The van der Waals surface area contributed by atoms with Crippen molar-refractivity contribution in [1.29, 1.82) is 0 Å². The number of hydrogen-bond donors (Lipinski definition) is 1. The lowest BCUT2D eigenvalue weighted by Gasteiger charge is -2.08. The third-order valence-electron chi connectivity index (χ3n) is 1.89. The van der Waals surface area contributed by atoms with E-state index in [1.807, 2.05) is 0 Å². The van der Waals surface area contributed by atoms with Gasteiger partial charge in [0.2, 0.25) is 0 Å². The van der Waals surface area contributed by atoms with Crippen molar-refractivity contribution < 1.29 is 14.3 Å². The first-order chi connectivity index (χ1) is 6.43. The molecule has 0 fully saturated rings. The minimum absolute atomic E-state index is 0.0523. The Bertz CT molecular complexity index is 362. The zero-order valence-electron chi connectivity index (χ0n) is 7.90. The predicted octanol–water partition coefficient (Wildman–Crippen LogP) is 2.62. The molecule has 0 unspecified atom stereocenters. The van der Waals surface area contributed by atoms with Crippen molar-refractivity contribution in [3.63, 3.8) is 0 Å². The third-order valence-corrected chi connectivity index (χ3v) is 2.42. The van der Waals surface area contributed by atoms with Gasteiger partial charge >= 0.3 is 0 Å². The van der Waals surface area contributed by atoms with Crippen molar-refractivity contribution in [3.05, 3.63) is 28.0 Å². The second-order valence-corrected chi connectivity index (χ2v) is 3.57. The number of benzene rings is 1. The van der Waals surface area contributed by atoms with E-state index in [4.69, 9.17) is 11.6 Å². The molecule has 0 aliphatic carbocycles. The molecule has 0 aliphatic rings. The molecule has 1 N–H and O–H groups in total. The van der Waals surface area contributed by atoms with Gasteiger partial charge in [-0.2, -0.15) is 0 Å². The summed E-state index contributed by atoms with van der Waals surface area (Å²) in [6.45, 7) is 2.98. The summed E-state index contributed by atoms with van der Waals surface area (Å²) < 4.78 is 13.1. The van der Waals surface area contributed by atoms with Gasteiger partial charge in [0.1, 0.15) is 5.78 Å². The standard InChI is InChI=1S/C10H10ClFO2/c1-5-3-8(12)10(14)7(9(5)11)4-6(2)13/h3,14H,4H2,1-2H3. The van der Waals surface area contributed by atoms with Crippen molar-refractivity contribution in [2.75, 3.05) is 0 Å². The maximum Gasteiger partial charge on any atom is 0.165 e. The Morgan fingerprint density at radius 2 is 2.21 bits per heavy atom. The van der Waals surface area contributed by atoms with Gasteiger partial charge in [0.05, 0.1) is 5.02 Å². The molecule has 0 atom stereocenters. The van der Waals surface area contributed by atoms with Crippen LogP contribution in [-0.4, -0.2) is 10.9 Å². The first kappa shape index (κ1) is 11.0. The summed E-state index contributed by atoms with van der Waals surface area (Å²) in [7, 11) is 0. The predicted molar refractivity (Wildman–Crippen MR) is 52.2 cm³/mol. The lowest BCUT2D eigenvalue weighted by Crippen LogP contribution is -2.00. The van der Waals surface area contributed by atoms with Crippen LogP contribution in [0.3, 0.4) is 0 Å². The van der Waals surface area contributed by atoms with Crippen LogP contribution in [0, 0.1) is 12.7 Å². The van der Waals surface area contributed by atoms with E-state index < -0.39 is 11.6 Å². The molecule has 1 rings (SSSR count). The van der Waals surface area contributed by atoms with E-state index >= 15 is 0 Å². The lowest BCUT2D eigenvalue weighted by molar-refractivity contribution is -0.116. The molecule has 0 aromatic heterocycles. The number of Topliss-reactive ketones (excluding diaryl/α,β-unsaturated/α-hetero) is 1. The van der Waals surface area contributed by atoms with Crippen molar-refractivity contribution in [2.45, 2.75) is 20.3 Å². The van der Waals surface area contributed by atoms with Crippen LogP contribution >= 0.6 is 11.6 Å². The van der Waals surface area contributed by atoms with Crippen molar-refractivity contribution in [2.24, 2.45) is 0 Å². The molecule has 0 amide bonds. The number of ketones is 1. The van der Waals surface area contributed by atoms with Crippen LogP contribution in [0.1, 0.15) is 18.1 Å². The summed E-state index contributed by atoms with van der Waals surface area (Å²) in [5.74, 6) is -1.45. The van der Waals surface area contributed by atoms with Crippen LogP contribution in [0.5, 0.6) is 5.75 Å². The second-order valence-electron chi connectivity index (χ2n) is 3.20. The Kier molecular flexibility index (Phi) is 3.11. The Hall–Kier alpha value is -1.09. The number of hydrogen-bond acceptors (Lipinski definition) is 2. The van der Waals surface area contributed by atoms with Crippen LogP contribution in [0.25, 0.3) is 0 Å². The van der Waals surface area contributed by atoms with E-state index in [0.29, 0.717) is 5.56 Å². The molecule has 1 aromatic carbocycles. The highest BCUT2D eigenvalue weighted by Crippen LogP contribution is 2.31. The lowest BCUT2D eigenvalue weighted by atomic mass is 10.0. The van der Waals surface area contributed by atoms with Gasteiger partial charge in [0.25, 0.3) is 0 Å². The average molecular weight is 217 g/mol. The van der Waals surface area contributed by atoms with Gasteiger partial charge in [-0.3, -0.25) is 4.79 Å².